The zero-order valence-corrected chi connectivity index (χ0v) is 59.9. The summed E-state index contributed by atoms with van der Waals surface area (Å²) in [6.07, 6.45) is 111. The van der Waals surface area contributed by atoms with Gasteiger partial charge in [-0.3, -0.25) is 0 Å². The van der Waals surface area contributed by atoms with Gasteiger partial charge in [-0.05, 0) is 31.3 Å². The highest BCUT2D eigenvalue weighted by Gasteiger charge is 2.20. The predicted octanol–water partition coefficient (Wildman–Crippen LogP) is 31.4. The minimum atomic E-state index is 0.874. The molecular weight excluding hydrogens is 1030 g/mol. The van der Waals surface area contributed by atoms with Crippen LogP contribution in [0.2, 0.25) is 0 Å². The number of rotatable bonds is 77. The summed E-state index contributed by atoms with van der Waals surface area (Å²) in [7, 11) is 0. The van der Waals surface area contributed by atoms with Gasteiger partial charge in [-0.25, -0.2) is 0 Å². The third-order valence-electron chi connectivity index (χ3n) is 19.5. The first-order valence-corrected chi connectivity index (χ1v) is 42.3. The minimum Gasteiger partial charge on any atom is -0.161 e. The average Bonchev–Trinajstić information content (AvgIpc) is 3.49. The Kier molecular flexibility index (Phi) is 78.5. The fourth-order valence-electron chi connectivity index (χ4n) is 13.6. The van der Waals surface area contributed by atoms with Crippen LogP contribution < -0.4 is 0 Å². The maximum atomic E-state index is 2.46. The van der Waals surface area contributed by atoms with Crippen LogP contribution in [0.4, 0.5) is 0 Å². The number of hydrogen-bond donors (Lipinski definition) is 0. The van der Waals surface area contributed by atoms with Crippen LogP contribution in [0, 0.1) is 0 Å². The summed E-state index contributed by atoms with van der Waals surface area (Å²) in [5.74, 6) is 1.42. The van der Waals surface area contributed by atoms with E-state index in [1.165, 1.54) is 474 Å². The van der Waals surface area contributed by atoms with Crippen LogP contribution in [-0.4, -0.2) is 22.5 Å². The summed E-state index contributed by atoms with van der Waals surface area (Å²) in [6.45, 7) is 6.97. The van der Waals surface area contributed by atoms with Gasteiger partial charge in [-0.1, -0.05) is 470 Å². The summed E-state index contributed by atoms with van der Waals surface area (Å²) in [6, 6.07) is 0. The van der Waals surface area contributed by atoms with E-state index in [2.05, 4.69) is 50.6 Å². The molecule has 0 nitrogen and oxygen atoms in total. The molecule has 0 fully saturated rings. The Morgan fingerprint density at radius 1 is 0.159 bits per heavy atom. The zero-order chi connectivity index (χ0) is 58.9. The molecule has 0 spiro atoms. The van der Waals surface area contributed by atoms with Crippen molar-refractivity contribution in [2.24, 2.45) is 0 Å². The lowest BCUT2D eigenvalue weighted by Gasteiger charge is -2.26. The molecule has 0 saturated carbocycles. The van der Waals surface area contributed by atoms with Crippen LogP contribution in [0.15, 0.2) is 0 Å². The predicted molar refractivity (Wildman–Crippen MR) is 388 cm³/mol. The van der Waals surface area contributed by atoms with E-state index < -0.39 is 0 Å². The first kappa shape index (κ1) is 82.7. The monoisotopic (exact) mass is 1190 g/mol. The second kappa shape index (κ2) is 77.8. The standard InChI is InChI=1S/C80H162S2/c1-5-8-11-14-17-20-23-26-29-32-35-38-40-42-44-47-50-53-56-59-62-65-68-71-74-77-80(79(81-4)76-73-70-67-64-61-58-55-52-49-46-37-34-31-28-25-22-19-16-13-10-7-3)82-78-75-72-69-66-63-60-57-54-51-48-45-43-41-39-36-33-30-27-24-21-18-15-12-9-6-2/h79-80H,5-78H2,1-4H3. The van der Waals surface area contributed by atoms with Crippen LogP contribution in [0.5, 0.6) is 0 Å². The van der Waals surface area contributed by atoms with Gasteiger partial charge in [0.15, 0.2) is 0 Å². The number of hydrogen-bond acceptors (Lipinski definition) is 2. The molecule has 0 N–H and O–H groups in total. The Morgan fingerprint density at radius 3 is 0.451 bits per heavy atom. The van der Waals surface area contributed by atoms with E-state index >= 15 is 0 Å². The van der Waals surface area contributed by atoms with Crippen molar-refractivity contribution in [1.29, 1.82) is 0 Å². The highest BCUT2D eigenvalue weighted by atomic mass is 32.2. The van der Waals surface area contributed by atoms with Crippen molar-refractivity contribution in [3.63, 3.8) is 0 Å². The Morgan fingerprint density at radius 2 is 0.293 bits per heavy atom. The van der Waals surface area contributed by atoms with Crippen molar-refractivity contribution in [2.75, 3.05) is 12.0 Å². The zero-order valence-electron chi connectivity index (χ0n) is 58.3. The van der Waals surface area contributed by atoms with E-state index in [0.29, 0.717) is 0 Å². The molecule has 0 radical (unpaired) electrons. The van der Waals surface area contributed by atoms with E-state index in [4.69, 9.17) is 0 Å². The topological polar surface area (TPSA) is 0 Å². The second-order valence-electron chi connectivity index (χ2n) is 27.8. The van der Waals surface area contributed by atoms with E-state index in [1.807, 2.05) is 0 Å². The molecule has 0 aliphatic heterocycles. The average molecular weight is 1190 g/mol. The molecule has 494 valence electrons. The Hall–Kier alpha value is 0.700. The summed E-state index contributed by atoms with van der Waals surface area (Å²) in [4.78, 5) is 0. The first-order valence-electron chi connectivity index (χ1n) is 39.9. The highest BCUT2D eigenvalue weighted by molar-refractivity contribution is 8.03. The lowest BCUT2D eigenvalue weighted by molar-refractivity contribution is 0.511. The molecule has 0 aromatic carbocycles. The molecule has 2 unspecified atom stereocenters. The van der Waals surface area contributed by atoms with Gasteiger partial charge < -0.3 is 0 Å². The molecule has 2 atom stereocenters. The van der Waals surface area contributed by atoms with Gasteiger partial charge in [-0.2, -0.15) is 23.5 Å². The molecule has 0 saturated heterocycles. The summed E-state index contributed by atoms with van der Waals surface area (Å²) >= 11 is 4.65. The normalized spacial score (nSPS) is 12.6. The van der Waals surface area contributed by atoms with Crippen LogP contribution in [0.1, 0.15) is 489 Å². The fraction of sp³-hybridized carbons (Fsp3) is 1.00. The van der Waals surface area contributed by atoms with Gasteiger partial charge >= 0.3 is 0 Å². The van der Waals surface area contributed by atoms with Gasteiger partial charge in [0.25, 0.3) is 0 Å². The second-order valence-corrected chi connectivity index (χ2v) is 30.2. The van der Waals surface area contributed by atoms with Crippen LogP contribution in [0.3, 0.4) is 0 Å². The Labute approximate surface area is 532 Å². The molecule has 0 heterocycles. The SMILES string of the molecule is CCCCCCCCCCCCCCCCCCCCCCCCCCCSC(CCCCCCCCCCCCCCCCCCCCCCCCCCC)C(CCCCCCCCCCCCCCCCCCCCCCC)SC. The fourth-order valence-corrected chi connectivity index (χ4v) is 16.3. The smallest absolute Gasteiger partial charge is 0.0166 e. The first-order chi connectivity index (χ1) is 40.8. The van der Waals surface area contributed by atoms with Gasteiger partial charge in [-0.15, -0.1) is 0 Å². The third-order valence-corrected chi connectivity index (χ3v) is 22.3. The molecule has 0 aromatic heterocycles. The van der Waals surface area contributed by atoms with Crippen molar-refractivity contribution in [3.05, 3.63) is 0 Å². The molecule has 0 bridgehead atoms. The van der Waals surface area contributed by atoms with E-state index in [9.17, 15) is 0 Å². The van der Waals surface area contributed by atoms with E-state index in [0.717, 1.165) is 10.5 Å². The van der Waals surface area contributed by atoms with Gasteiger partial charge in [0.1, 0.15) is 0 Å². The van der Waals surface area contributed by atoms with Crippen molar-refractivity contribution in [3.8, 4) is 0 Å². The third kappa shape index (κ3) is 71.5. The summed E-state index contributed by atoms with van der Waals surface area (Å²) < 4.78 is 0. The Balaban J connectivity index is 4.16. The van der Waals surface area contributed by atoms with Crippen LogP contribution >= 0.6 is 23.5 Å². The van der Waals surface area contributed by atoms with Crippen molar-refractivity contribution in [2.45, 2.75) is 500 Å². The largest absolute Gasteiger partial charge is 0.161 e. The number of thioether (sulfide) groups is 2. The van der Waals surface area contributed by atoms with Crippen LogP contribution in [0.25, 0.3) is 0 Å². The molecule has 0 amide bonds. The molecule has 0 aliphatic carbocycles. The molecule has 0 aliphatic rings. The molecular formula is C80H162S2. The van der Waals surface area contributed by atoms with Gasteiger partial charge in [0.2, 0.25) is 0 Å². The highest BCUT2D eigenvalue weighted by Crippen LogP contribution is 2.33. The van der Waals surface area contributed by atoms with Gasteiger partial charge in [0, 0.05) is 10.5 Å². The summed E-state index contributed by atoms with van der Waals surface area (Å²) in [5, 5.41) is 1.76. The molecule has 2 heteroatoms. The van der Waals surface area contributed by atoms with E-state index in [-0.39, 0.29) is 0 Å². The summed E-state index contributed by atoms with van der Waals surface area (Å²) in [5.41, 5.74) is 0. The quantitative estimate of drug-likeness (QED) is 0.0557. The van der Waals surface area contributed by atoms with Gasteiger partial charge in [0.05, 0.1) is 0 Å². The number of unbranched alkanes of at least 4 members (excludes halogenated alkanes) is 68. The van der Waals surface area contributed by atoms with Crippen molar-refractivity contribution >= 4 is 23.5 Å². The van der Waals surface area contributed by atoms with Crippen LogP contribution in [-0.2, 0) is 0 Å². The molecule has 0 rings (SSSR count). The van der Waals surface area contributed by atoms with Crippen molar-refractivity contribution in [1.82, 2.24) is 0 Å². The minimum absolute atomic E-state index is 0.874. The Bertz CT molecular complexity index is 1060. The lowest BCUT2D eigenvalue weighted by atomic mass is 10.0. The van der Waals surface area contributed by atoms with E-state index in [1.54, 1.807) is 0 Å². The molecule has 0 aromatic rings. The van der Waals surface area contributed by atoms with Crippen molar-refractivity contribution < 1.29 is 0 Å². The lowest BCUT2D eigenvalue weighted by Crippen LogP contribution is -2.21. The molecule has 82 heavy (non-hydrogen) atoms. The maximum absolute atomic E-state index is 2.46. The maximum Gasteiger partial charge on any atom is 0.0166 e.